The molecule has 4 heteroatoms. The number of hydrogen-bond acceptors (Lipinski definition) is 3. The SMILES string of the molecule is CCN1CCC(n2c(-c3ccccc3)nc3cccnc32)CC1. The summed E-state index contributed by atoms with van der Waals surface area (Å²) >= 11 is 0. The van der Waals surface area contributed by atoms with Crippen LogP contribution in [0.4, 0.5) is 0 Å². The minimum absolute atomic E-state index is 0.480. The largest absolute Gasteiger partial charge is 0.305 e. The van der Waals surface area contributed by atoms with Crippen LogP contribution >= 0.6 is 0 Å². The lowest BCUT2D eigenvalue weighted by atomic mass is 10.0. The van der Waals surface area contributed by atoms with Gasteiger partial charge in [-0.3, -0.25) is 0 Å². The molecule has 0 N–H and O–H groups in total. The Bertz CT molecular complexity index is 785. The number of pyridine rings is 1. The van der Waals surface area contributed by atoms with Crippen molar-refractivity contribution in [1.82, 2.24) is 19.4 Å². The summed E-state index contributed by atoms with van der Waals surface area (Å²) in [6.45, 7) is 5.69. The van der Waals surface area contributed by atoms with Gasteiger partial charge in [0.1, 0.15) is 11.3 Å². The quantitative estimate of drug-likeness (QED) is 0.739. The van der Waals surface area contributed by atoms with E-state index in [0.29, 0.717) is 6.04 Å². The van der Waals surface area contributed by atoms with E-state index in [0.717, 1.165) is 49.5 Å². The van der Waals surface area contributed by atoms with Gasteiger partial charge in [-0.25, -0.2) is 9.97 Å². The first-order valence-electron chi connectivity index (χ1n) is 8.47. The molecule has 0 unspecified atom stereocenters. The van der Waals surface area contributed by atoms with Crippen molar-refractivity contribution in [3.63, 3.8) is 0 Å². The molecule has 23 heavy (non-hydrogen) atoms. The number of imidazole rings is 1. The van der Waals surface area contributed by atoms with Gasteiger partial charge in [0.25, 0.3) is 0 Å². The fourth-order valence-electron chi connectivity index (χ4n) is 3.56. The molecule has 1 saturated heterocycles. The minimum atomic E-state index is 0.480. The van der Waals surface area contributed by atoms with Crippen molar-refractivity contribution in [2.75, 3.05) is 19.6 Å². The molecule has 0 radical (unpaired) electrons. The van der Waals surface area contributed by atoms with Crippen molar-refractivity contribution >= 4 is 11.2 Å². The number of nitrogens with zero attached hydrogens (tertiary/aromatic N) is 4. The van der Waals surface area contributed by atoms with Crippen molar-refractivity contribution in [2.45, 2.75) is 25.8 Å². The van der Waals surface area contributed by atoms with Gasteiger partial charge in [0.2, 0.25) is 0 Å². The van der Waals surface area contributed by atoms with Crippen LogP contribution < -0.4 is 0 Å². The van der Waals surface area contributed by atoms with Crippen LogP contribution in [0.3, 0.4) is 0 Å². The molecule has 2 aromatic heterocycles. The second-order valence-electron chi connectivity index (χ2n) is 6.18. The Balaban J connectivity index is 1.81. The van der Waals surface area contributed by atoms with Crippen LogP contribution in [0.25, 0.3) is 22.6 Å². The summed E-state index contributed by atoms with van der Waals surface area (Å²) in [7, 11) is 0. The summed E-state index contributed by atoms with van der Waals surface area (Å²) in [5, 5.41) is 0. The molecule has 3 aromatic rings. The van der Waals surface area contributed by atoms with E-state index < -0.39 is 0 Å². The van der Waals surface area contributed by atoms with Crippen LogP contribution in [0.1, 0.15) is 25.8 Å². The van der Waals surface area contributed by atoms with Crippen molar-refractivity contribution < 1.29 is 0 Å². The Labute approximate surface area is 136 Å². The molecular formula is C19H22N4. The van der Waals surface area contributed by atoms with E-state index >= 15 is 0 Å². The zero-order chi connectivity index (χ0) is 15.6. The highest BCUT2D eigenvalue weighted by atomic mass is 15.2. The highest BCUT2D eigenvalue weighted by Crippen LogP contribution is 2.32. The lowest BCUT2D eigenvalue weighted by Gasteiger charge is -2.32. The van der Waals surface area contributed by atoms with E-state index in [1.165, 1.54) is 5.56 Å². The first kappa shape index (κ1) is 14.4. The first-order valence-corrected chi connectivity index (χ1v) is 8.47. The van der Waals surface area contributed by atoms with E-state index in [4.69, 9.17) is 4.98 Å². The number of aromatic nitrogens is 3. The number of hydrogen-bond donors (Lipinski definition) is 0. The molecule has 0 amide bonds. The molecule has 0 spiro atoms. The summed E-state index contributed by atoms with van der Waals surface area (Å²) in [5.41, 5.74) is 3.17. The van der Waals surface area contributed by atoms with Crippen molar-refractivity contribution in [2.24, 2.45) is 0 Å². The molecule has 0 saturated carbocycles. The highest BCUT2D eigenvalue weighted by molar-refractivity contribution is 5.77. The number of benzene rings is 1. The molecule has 0 aliphatic carbocycles. The Hall–Kier alpha value is -2.20. The highest BCUT2D eigenvalue weighted by Gasteiger charge is 2.24. The molecule has 0 atom stereocenters. The van der Waals surface area contributed by atoms with Gasteiger partial charge in [0.05, 0.1) is 0 Å². The van der Waals surface area contributed by atoms with Crippen LogP contribution in [0, 0.1) is 0 Å². The van der Waals surface area contributed by atoms with Gasteiger partial charge in [0.15, 0.2) is 5.65 Å². The molecule has 4 nitrogen and oxygen atoms in total. The third-order valence-electron chi connectivity index (χ3n) is 4.85. The van der Waals surface area contributed by atoms with E-state index in [9.17, 15) is 0 Å². The van der Waals surface area contributed by atoms with Gasteiger partial charge in [-0.1, -0.05) is 37.3 Å². The zero-order valence-electron chi connectivity index (χ0n) is 13.5. The molecule has 1 aromatic carbocycles. The monoisotopic (exact) mass is 306 g/mol. The van der Waals surface area contributed by atoms with Gasteiger partial charge < -0.3 is 9.47 Å². The van der Waals surface area contributed by atoms with Crippen LogP contribution in [0.15, 0.2) is 48.7 Å². The Morgan fingerprint density at radius 1 is 1.04 bits per heavy atom. The summed E-state index contributed by atoms with van der Waals surface area (Å²) in [4.78, 5) is 12.0. The van der Waals surface area contributed by atoms with E-state index in [2.05, 4.69) is 57.8 Å². The van der Waals surface area contributed by atoms with Gasteiger partial charge in [-0.15, -0.1) is 0 Å². The van der Waals surface area contributed by atoms with Crippen molar-refractivity contribution in [1.29, 1.82) is 0 Å². The molecule has 1 fully saturated rings. The first-order chi connectivity index (χ1) is 11.4. The average molecular weight is 306 g/mol. The fourth-order valence-corrected chi connectivity index (χ4v) is 3.56. The average Bonchev–Trinajstić information content (AvgIpc) is 3.02. The zero-order valence-corrected chi connectivity index (χ0v) is 13.5. The Morgan fingerprint density at radius 3 is 2.57 bits per heavy atom. The Kier molecular flexibility index (Phi) is 3.83. The summed E-state index contributed by atoms with van der Waals surface area (Å²) in [5.74, 6) is 1.05. The maximum absolute atomic E-state index is 4.88. The van der Waals surface area contributed by atoms with Gasteiger partial charge >= 0.3 is 0 Å². The maximum Gasteiger partial charge on any atom is 0.160 e. The molecule has 1 aliphatic heterocycles. The maximum atomic E-state index is 4.88. The predicted molar refractivity (Wildman–Crippen MR) is 93.3 cm³/mol. The minimum Gasteiger partial charge on any atom is -0.305 e. The molecule has 0 bridgehead atoms. The van der Waals surface area contributed by atoms with Crippen LogP contribution in [0.5, 0.6) is 0 Å². The van der Waals surface area contributed by atoms with Gasteiger partial charge in [-0.05, 0) is 31.5 Å². The number of rotatable bonds is 3. The lowest BCUT2D eigenvalue weighted by molar-refractivity contribution is 0.197. The number of fused-ring (bicyclic) bond motifs is 1. The summed E-state index contributed by atoms with van der Waals surface area (Å²) < 4.78 is 2.37. The van der Waals surface area contributed by atoms with Gasteiger partial charge in [-0.2, -0.15) is 0 Å². The molecular weight excluding hydrogens is 284 g/mol. The lowest BCUT2D eigenvalue weighted by Crippen LogP contribution is -2.34. The van der Waals surface area contributed by atoms with Crippen molar-refractivity contribution in [3.8, 4) is 11.4 Å². The number of piperidine rings is 1. The second kappa shape index (κ2) is 6.13. The topological polar surface area (TPSA) is 34.0 Å². The summed E-state index contributed by atoms with van der Waals surface area (Å²) in [6.07, 6.45) is 4.20. The molecule has 118 valence electrons. The van der Waals surface area contributed by atoms with E-state index in [1.54, 1.807) is 0 Å². The normalized spacial score (nSPS) is 16.9. The Morgan fingerprint density at radius 2 is 1.83 bits per heavy atom. The van der Waals surface area contributed by atoms with E-state index in [-0.39, 0.29) is 0 Å². The van der Waals surface area contributed by atoms with E-state index in [1.807, 2.05) is 12.3 Å². The van der Waals surface area contributed by atoms with Crippen molar-refractivity contribution in [3.05, 3.63) is 48.7 Å². The van der Waals surface area contributed by atoms with Crippen LogP contribution in [0.2, 0.25) is 0 Å². The van der Waals surface area contributed by atoms with Gasteiger partial charge in [0, 0.05) is 30.9 Å². The third-order valence-corrected chi connectivity index (χ3v) is 4.85. The summed E-state index contributed by atoms with van der Waals surface area (Å²) in [6, 6.07) is 15.0. The fraction of sp³-hybridized carbons (Fsp3) is 0.368. The third kappa shape index (κ3) is 2.63. The predicted octanol–water partition coefficient (Wildman–Crippen LogP) is 3.76. The smallest absolute Gasteiger partial charge is 0.160 e. The standard InChI is InChI=1S/C19H22N4/c1-2-22-13-10-16(11-14-22)23-18(15-7-4-3-5-8-15)21-17-9-6-12-20-19(17)23/h3-9,12,16H,2,10-11,13-14H2,1H3. The number of likely N-dealkylation sites (tertiary alicyclic amines) is 1. The molecule has 4 rings (SSSR count). The van der Waals surface area contributed by atoms with Crippen LogP contribution in [-0.2, 0) is 0 Å². The van der Waals surface area contributed by atoms with Crippen LogP contribution in [-0.4, -0.2) is 39.1 Å². The second-order valence-corrected chi connectivity index (χ2v) is 6.18. The molecule has 3 heterocycles. The molecule has 1 aliphatic rings.